The molecule has 0 unspecified atom stereocenters. The quantitative estimate of drug-likeness (QED) is 0.715. The van der Waals surface area contributed by atoms with E-state index < -0.39 is 10.0 Å². The summed E-state index contributed by atoms with van der Waals surface area (Å²) < 4.78 is 38.0. The van der Waals surface area contributed by atoms with Gasteiger partial charge in [0, 0.05) is 31.2 Å². The van der Waals surface area contributed by atoms with E-state index in [2.05, 4.69) is 0 Å². The summed E-state index contributed by atoms with van der Waals surface area (Å²) >= 11 is 6.06. The van der Waals surface area contributed by atoms with Crippen molar-refractivity contribution in [2.75, 3.05) is 39.9 Å². The van der Waals surface area contributed by atoms with E-state index in [9.17, 15) is 13.2 Å². The Morgan fingerprint density at radius 2 is 1.80 bits per heavy atom. The molecule has 0 radical (unpaired) electrons. The number of methoxy groups -OCH3 is 1. The number of carbonyl (C=O) groups excluding carboxylic acids is 1. The maximum atomic E-state index is 13.0. The summed E-state index contributed by atoms with van der Waals surface area (Å²) in [7, 11) is -2.07. The molecule has 1 fully saturated rings. The molecule has 30 heavy (non-hydrogen) atoms. The van der Waals surface area contributed by atoms with Crippen LogP contribution in [-0.4, -0.2) is 63.4 Å². The van der Waals surface area contributed by atoms with Gasteiger partial charge in [-0.15, -0.1) is 0 Å². The first kappa shape index (κ1) is 21.0. The zero-order chi connectivity index (χ0) is 21.3. The van der Waals surface area contributed by atoms with Crippen molar-refractivity contribution in [2.24, 2.45) is 5.92 Å². The zero-order valence-electron chi connectivity index (χ0n) is 16.6. The zero-order valence-corrected chi connectivity index (χ0v) is 18.2. The number of nitrogens with zero attached hydrogens (tertiary/aromatic N) is 2. The summed E-state index contributed by atoms with van der Waals surface area (Å²) in [6.45, 7) is 1.55. The van der Waals surface area contributed by atoms with E-state index in [-0.39, 0.29) is 29.8 Å². The number of carbonyl (C=O) groups is 1. The molecule has 0 aromatic heterocycles. The van der Waals surface area contributed by atoms with Crippen LogP contribution in [0.1, 0.15) is 5.56 Å². The average Bonchev–Trinajstić information content (AvgIpc) is 2.78. The maximum Gasteiger partial charge on any atom is 0.243 e. The van der Waals surface area contributed by atoms with Crippen LogP contribution >= 0.6 is 11.6 Å². The van der Waals surface area contributed by atoms with Crippen molar-refractivity contribution in [3.8, 4) is 11.5 Å². The fraction of sp³-hybridized carbons (Fsp3) is 0.381. The van der Waals surface area contributed by atoms with E-state index >= 15 is 0 Å². The number of amides is 1. The largest absolute Gasteiger partial charge is 0.497 e. The number of rotatable bonds is 4. The lowest BCUT2D eigenvalue weighted by Gasteiger charge is -2.36. The Morgan fingerprint density at radius 1 is 1.10 bits per heavy atom. The number of hydrogen-bond donors (Lipinski definition) is 0. The lowest BCUT2D eigenvalue weighted by Crippen LogP contribution is -2.52. The van der Waals surface area contributed by atoms with E-state index in [1.165, 1.54) is 23.5 Å². The van der Waals surface area contributed by atoms with Crippen LogP contribution in [0.5, 0.6) is 11.5 Å². The summed E-state index contributed by atoms with van der Waals surface area (Å²) in [5.41, 5.74) is 0.924. The molecule has 0 aliphatic carbocycles. The summed E-state index contributed by atoms with van der Waals surface area (Å²) in [5.74, 6) is 1.06. The van der Waals surface area contributed by atoms with Crippen LogP contribution in [0.2, 0.25) is 5.02 Å². The second-order valence-corrected chi connectivity index (χ2v) is 9.74. The summed E-state index contributed by atoms with van der Waals surface area (Å²) in [5, 5.41) is 0.614. The average molecular weight is 451 g/mol. The predicted octanol–water partition coefficient (Wildman–Crippen LogP) is 2.43. The molecule has 1 saturated heterocycles. The number of fused-ring (bicyclic) bond motifs is 1. The molecule has 160 valence electrons. The Kier molecular flexibility index (Phi) is 5.90. The Morgan fingerprint density at radius 3 is 2.47 bits per heavy atom. The van der Waals surface area contributed by atoms with Gasteiger partial charge in [0.1, 0.15) is 18.1 Å². The minimum absolute atomic E-state index is 0.0119. The lowest BCUT2D eigenvalue weighted by molar-refractivity contribution is -0.138. The Labute approximate surface area is 181 Å². The Balaban J connectivity index is 1.38. The van der Waals surface area contributed by atoms with Crippen LogP contribution in [0, 0.1) is 5.92 Å². The monoisotopic (exact) mass is 450 g/mol. The van der Waals surface area contributed by atoms with Crippen LogP contribution < -0.4 is 9.47 Å². The maximum absolute atomic E-state index is 13.0. The minimum atomic E-state index is -3.61. The molecule has 0 bridgehead atoms. The van der Waals surface area contributed by atoms with E-state index in [4.69, 9.17) is 21.1 Å². The van der Waals surface area contributed by atoms with Crippen molar-refractivity contribution in [3.63, 3.8) is 0 Å². The van der Waals surface area contributed by atoms with E-state index in [1.807, 2.05) is 12.1 Å². The first-order valence-electron chi connectivity index (χ1n) is 9.72. The molecule has 2 aromatic rings. The van der Waals surface area contributed by atoms with Gasteiger partial charge in [0.2, 0.25) is 15.9 Å². The van der Waals surface area contributed by atoms with Gasteiger partial charge in [0.25, 0.3) is 0 Å². The van der Waals surface area contributed by atoms with Crippen LogP contribution in [0.25, 0.3) is 0 Å². The van der Waals surface area contributed by atoms with Crippen LogP contribution in [-0.2, 0) is 21.2 Å². The highest BCUT2D eigenvalue weighted by molar-refractivity contribution is 7.89. The fourth-order valence-electron chi connectivity index (χ4n) is 3.83. The number of halogens is 1. The second kappa shape index (κ2) is 8.45. The molecule has 4 rings (SSSR count). The van der Waals surface area contributed by atoms with Gasteiger partial charge in [-0.2, -0.15) is 4.31 Å². The van der Waals surface area contributed by atoms with E-state index in [0.29, 0.717) is 36.9 Å². The van der Waals surface area contributed by atoms with Crippen LogP contribution in [0.4, 0.5) is 0 Å². The highest BCUT2D eigenvalue weighted by Crippen LogP contribution is 2.31. The van der Waals surface area contributed by atoms with Crippen LogP contribution in [0.15, 0.2) is 47.4 Å². The molecule has 1 amide bonds. The van der Waals surface area contributed by atoms with Gasteiger partial charge in [-0.05, 0) is 54.4 Å². The van der Waals surface area contributed by atoms with Gasteiger partial charge in [0.15, 0.2) is 0 Å². The summed E-state index contributed by atoms with van der Waals surface area (Å²) in [6.07, 6.45) is 0.569. The molecular weight excluding hydrogens is 428 g/mol. The van der Waals surface area contributed by atoms with Crippen molar-refractivity contribution in [1.29, 1.82) is 0 Å². The molecule has 2 aliphatic rings. The molecule has 2 aromatic carbocycles. The van der Waals surface area contributed by atoms with Gasteiger partial charge in [0.05, 0.1) is 17.9 Å². The Bertz CT molecular complexity index is 1030. The number of piperazine rings is 1. The van der Waals surface area contributed by atoms with Crippen molar-refractivity contribution in [2.45, 2.75) is 11.3 Å². The topological polar surface area (TPSA) is 76.2 Å². The highest BCUT2D eigenvalue weighted by Gasteiger charge is 2.34. The SMILES string of the molecule is COc1ccc(S(=O)(=O)N2CCN(C(=O)[C@H]3COc4ccc(Cl)cc4C3)CC2)cc1. The first-order chi connectivity index (χ1) is 14.4. The van der Waals surface area contributed by atoms with E-state index in [0.717, 1.165) is 11.3 Å². The third kappa shape index (κ3) is 4.12. The number of sulfonamides is 1. The van der Waals surface area contributed by atoms with Gasteiger partial charge < -0.3 is 14.4 Å². The fourth-order valence-corrected chi connectivity index (χ4v) is 5.44. The minimum Gasteiger partial charge on any atom is -0.497 e. The number of hydrogen-bond acceptors (Lipinski definition) is 5. The molecule has 0 saturated carbocycles. The molecular formula is C21H23ClN2O5S. The molecule has 9 heteroatoms. The normalized spacial score (nSPS) is 19.7. The lowest BCUT2D eigenvalue weighted by atomic mass is 9.95. The van der Waals surface area contributed by atoms with Gasteiger partial charge in [-0.25, -0.2) is 8.42 Å². The van der Waals surface area contributed by atoms with Gasteiger partial charge >= 0.3 is 0 Å². The van der Waals surface area contributed by atoms with Gasteiger partial charge in [-0.3, -0.25) is 4.79 Å². The van der Waals surface area contributed by atoms with Gasteiger partial charge in [-0.1, -0.05) is 11.6 Å². The highest BCUT2D eigenvalue weighted by atomic mass is 35.5. The second-order valence-electron chi connectivity index (χ2n) is 7.37. The van der Waals surface area contributed by atoms with E-state index in [1.54, 1.807) is 23.1 Å². The Hall–Kier alpha value is -2.29. The summed E-state index contributed by atoms with van der Waals surface area (Å²) in [4.78, 5) is 14.9. The smallest absolute Gasteiger partial charge is 0.243 e. The molecule has 0 N–H and O–H groups in total. The number of benzene rings is 2. The molecule has 7 nitrogen and oxygen atoms in total. The standard InChI is InChI=1S/C21H23ClN2O5S/c1-28-18-3-5-19(6-4-18)30(26,27)24-10-8-23(9-11-24)21(25)16-12-15-13-17(22)2-7-20(15)29-14-16/h2-7,13,16H,8-12,14H2,1H3/t16-/m1/s1. The van der Waals surface area contributed by atoms with Crippen molar-refractivity contribution in [1.82, 2.24) is 9.21 Å². The third-order valence-corrected chi connectivity index (χ3v) is 7.67. The molecule has 0 spiro atoms. The van der Waals surface area contributed by atoms with Crippen molar-refractivity contribution in [3.05, 3.63) is 53.1 Å². The molecule has 2 heterocycles. The number of ether oxygens (including phenoxy) is 2. The first-order valence-corrected chi connectivity index (χ1v) is 11.5. The molecule has 2 aliphatic heterocycles. The molecule has 1 atom stereocenters. The predicted molar refractivity (Wildman–Crippen MR) is 112 cm³/mol. The van der Waals surface area contributed by atoms with Crippen molar-refractivity contribution >= 4 is 27.5 Å². The van der Waals surface area contributed by atoms with Crippen LogP contribution in [0.3, 0.4) is 0 Å². The summed E-state index contributed by atoms with van der Waals surface area (Å²) in [6, 6.07) is 11.7. The third-order valence-electron chi connectivity index (χ3n) is 5.53. The van der Waals surface area contributed by atoms with Crippen molar-refractivity contribution < 1.29 is 22.7 Å².